The normalized spacial score (nSPS) is 15.4. The molecule has 43 heavy (non-hydrogen) atoms. The fraction of sp³-hybridized carbons (Fsp3) is 0.286. The van der Waals surface area contributed by atoms with Gasteiger partial charge in [-0.25, -0.2) is 32.9 Å². The van der Waals surface area contributed by atoms with Crippen LogP contribution in [0, 0.1) is 17.5 Å². The van der Waals surface area contributed by atoms with Gasteiger partial charge in [-0.05, 0) is 69.1 Å². The van der Waals surface area contributed by atoms with E-state index in [2.05, 4.69) is 14.7 Å². The summed E-state index contributed by atoms with van der Waals surface area (Å²) in [6, 6.07) is 6.63. The zero-order valence-electron chi connectivity index (χ0n) is 23.2. The fourth-order valence-corrected chi connectivity index (χ4v) is 6.26. The Morgan fingerprint density at radius 1 is 1.21 bits per heavy atom. The Labute approximate surface area is 258 Å². The van der Waals surface area contributed by atoms with Gasteiger partial charge in [0, 0.05) is 23.3 Å². The van der Waals surface area contributed by atoms with Crippen LogP contribution >= 0.6 is 34.9 Å². The van der Waals surface area contributed by atoms with E-state index in [0.29, 0.717) is 34.1 Å². The molecule has 1 aliphatic heterocycles. The summed E-state index contributed by atoms with van der Waals surface area (Å²) in [7, 11) is 0. The smallest absolute Gasteiger partial charge is 0.411 e. The Morgan fingerprint density at radius 3 is 2.74 bits per heavy atom. The number of rotatable bonds is 6. The number of hydrogen-bond donors (Lipinski definition) is 2. The molecule has 2 aromatic heterocycles. The van der Waals surface area contributed by atoms with Gasteiger partial charge in [-0.3, -0.25) is 4.90 Å². The molecule has 3 N–H and O–H groups in total. The predicted octanol–water partition coefficient (Wildman–Crippen LogP) is 7.35. The van der Waals surface area contributed by atoms with Gasteiger partial charge in [-0.2, -0.15) is 0 Å². The van der Waals surface area contributed by atoms with Crippen LogP contribution in [0.3, 0.4) is 0 Å². The Bertz CT molecular complexity index is 1670. The number of nitrogens with two attached hydrogens (primary N) is 1. The number of carbonyl (C=O) groups is 1. The van der Waals surface area contributed by atoms with Crippen LogP contribution in [0.2, 0.25) is 5.02 Å². The lowest BCUT2D eigenvalue weighted by atomic mass is 10.1. The quantitative estimate of drug-likeness (QED) is 0.207. The summed E-state index contributed by atoms with van der Waals surface area (Å²) in [6.07, 6.45) is 0.927. The Balaban J connectivity index is 1.58. The average molecular weight is 651 g/mol. The van der Waals surface area contributed by atoms with E-state index in [4.69, 9.17) is 31.8 Å². The number of halogens is 4. The summed E-state index contributed by atoms with van der Waals surface area (Å²) < 4.78 is 58.0. The molecule has 15 heteroatoms. The molecule has 4 aromatic rings. The Hall–Kier alpha value is -3.59. The molecule has 1 amide bonds. The average Bonchev–Trinajstić information content (AvgIpc) is 3.39. The molecule has 0 radical (unpaired) electrons. The van der Waals surface area contributed by atoms with Crippen molar-refractivity contribution in [3.05, 3.63) is 70.1 Å². The van der Waals surface area contributed by atoms with Gasteiger partial charge in [0.2, 0.25) is 5.95 Å². The number of morpholine rings is 1. The highest BCUT2D eigenvalue weighted by Gasteiger charge is 2.35. The van der Waals surface area contributed by atoms with Gasteiger partial charge in [0.05, 0.1) is 40.1 Å². The number of nitrogen functional groups attached to an aromatic ring is 1. The van der Waals surface area contributed by atoms with Crippen molar-refractivity contribution in [3.63, 3.8) is 0 Å². The molecule has 1 fully saturated rings. The summed E-state index contributed by atoms with van der Waals surface area (Å²) in [5.41, 5.74) is 5.60. The third kappa shape index (κ3) is 7.15. The molecule has 1 atom stereocenters. The molecule has 0 aliphatic carbocycles. The molecule has 0 spiro atoms. The summed E-state index contributed by atoms with van der Waals surface area (Å²) in [6.45, 7) is 6.02. The Kier molecular flexibility index (Phi) is 9.02. The minimum Gasteiger partial charge on any atom is -0.444 e. The van der Waals surface area contributed by atoms with Gasteiger partial charge in [0.15, 0.2) is 5.82 Å². The number of nitrogens with one attached hydrogen (secondary N) is 1. The fourth-order valence-electron chi connectivity index (χ4n) is 4.18. The van der Waals surface area contributed by atoms with Crippen molar-refractivity contribution in [2.75, 3.05) is 30.2 Å². The summed E-state index contributed by atoms with van der Waals surface area (Å²) in [4.78, 5) is 28.0. The van der Waals surface area contributed by atoms with Crippen LogP contribution in [0.4, 0.5) is 29.6 Å². The van der Waals surface area contributed by atoms with Crippen LogP contribution in [0.25, 0.3) is 21.8 Å². The first kappa shape index (κ1) is 30.9. The molecule has 0 bridgehead atoms. The first-order chi connectivity index (χ1) is 20.4. The van der Waals surface area contributed by atoms with Crippen LogP contribution in [0.1, 0.15) is 31.8 Å². The highest BCUT2D eigenvalue weighted by molar-refractivity contribution is 8.00. The summed E-state index contributed by atoms with van der Waals surface area (Å²) in [5, 5.41) is 0.594. The van der Waals surface area contributed by atoms with Gasteiger partial charge < -0.3 is 19.9 Å². The van der Waals surface area contributed by atoms with E-state index >= 15 is 4.39 Å². The number of hydrogen-bond acceptors (Lipinski definition) is 10. The third-order valence-corrected chi connectivity index (χ3v) is 8.30. The maximum Gasteiger partial charge on any atom is 0.411 e. The molecule has 0 saturated carbocycles. The second-order valence-corrected chi connectivity index (χ2v) is 12.7. The minimum atomic E-state index is -0.752. The number of ether oxygens (including phenoxy) is 2. The maximum absolute atomic E-state index is 16.1. The molecular formula is C28H26ClF3N6O3S2. The SMILES string of the molecule is CC(C)(C)OC(=O)N1CCOCC1c1nc(-c2cc(Cl)cc(NSc3cc(F)ccc3F)c2F)c(-c2ccnc(N)n2)s1. The molecule has 9 nitrogen and oxygen atoms in total. The van der Waals surface area contributed by atoms with E-state index in [9.17, 15) is 13.6 Å². The maximum atomic E-state index is 16.1. The van der Waals surface area contributed by atoms with E-state index in [1.165, 1.54) is 34.6 Å². The van der Waals surface area contributed by atoms with Crippen LogP contribution in [-0.2, 0) is 9.47 Å². The van der Waals surface area contributed by atoms with E-state index in [0.717, 1.165) is 18.2 Å². The summed E-state index contributed by atoms with van der Waals surface area (Å²) in [5.74, 6) is -2.08. The van der Waals surface area contributed by atoms with Gasteiger partial charge >= 0.3 is 6.09 Å². The predicted molar refractivity (Wildman–Crippen MR) is 160 cm³/mol. The molecular weight excluding hydrogens is 625 g/mol. The standard InChI is InChI=1S/C28H26ClF3N6O3S2/c1-28(2,3)41-27(39)38-8-9-40-13-20(38)25-36-23(24(42-25)18-6-7-34-26(33)35-18)16-10-14(29)11-19(22(16)32)37-43-21-12-15(30)4-5-17(21)31/h4-7,10-12,20,37H,8-9,13H2,1-3H3,(H2,33,34,35). The topological polar surface area (TPSA) is 115 Å². The van der Waals surface area contributed by atoms with Crippen molar-refractivity contribution in [2.45, 2.75) is 37.3 Å². The van der Waals surface area contributed by atoms with E-state index in [1.54, 1.807) is 26.8 Å². The lowest BCUT2D eigenvalue weighted by Gasteiger charge is -2.35. The lowest BCUT2D eigenvalue weighted by Crippen LogP contribution is -2.45. The number of aromatic nitrogens is 3. The number of benzene rings is 2. The lowest BCUT2D eigenvalue weighted by molar-refractivity contribution is -0.0331. The number of carbonyl (C=O) groups excluding carboxylic acids is 1. The zero-order valence-corrected chi connectivity index (χ0v) is 25.5. The van der Waals surface area contributed by atoms with Crippen LogP contribution < -0.4 is 10.5 Å². The highest BCUT2D eigenvalue weighted by Crippen LogP contribution is 2.43. The summed E-state index contributed by atoms with van der Waals surface area (Å²) >= 11 is 8.28. The molecule has 2 aromatic carbocycles. The van der Waals surface area contributed by atoms with E-state index in [1.807, 2.05) is 0 Å². The number of thiazole rings is 1. The first-order valence-electron chi connectivity index (χ1n) is 12.9. The second-order valence-electron chi connectivity index (χ2n) is 10.4. The molecule has 5 rings (SSSR count). The zero-order chi connectivity index (χ0) is 30.9. The van der Waals surface area contributed by atoms with Crippen molar-refractivity contribution >= 4 is 52.6 Å². The van der Waals surface area contributed by atoms with Crippen LogP contribution in [-0.4, -0.2) is 51.3 Å². The van der Waals surface area contributed by atoms with Gasteiger partial charge in [-0.15, -0.1) is 11.3 Å². The van der Waals surface area contributed by atoms with Gasteiger partial charge in [-0.1, -0.05) is 11.6 Å². The third-order valence-electron chi connectivity index (χ3n) is 6.05. The number of nitrogens with zero attached hydrogens (tertiary/aromatic N) is 4. The molecule has 226 valence electrons. The molecule has 3 heterocycles. The first-order valence-corrected chi connectivity index (χ1v) is 14.9. The van der Waals surface area contributed by atoms with Crippen molar-refractivity contribution in [1.29, 1.82) is 0 Å². The Morgan fingerprint density at radius 2 is 2.00 bits per heavy atom. The molecule has 1 unspecified atom stereocenters. The minimum absolute atomic E-state index is 0.00257. The van der Waals surface area contributed by atoms with Gasteiger partial charge in [0.25, 0.3) is 0 Å². The van der Waals surface area contributed by atoms with Crippen molar-refractivity contribution in [1.82, 2.24) is 19.9 Å². The largest absolute Gasteiger partial charge is 0.444 e. The van der Waals surface area contributed by atoms with Gasteiger partial charge in [0.1, 0.15) is 28.3 Å². The molecule has 1 aliphatic rings. The van der Waals surface area contributed by atoms with E-state index < -0.39 is 35.2 Å². The van der Waals surface area contributed by atoms with Crippen LogP contribution in [0.5, 0.6) is 0 Å². The van der Waals surface area contributed by atoms with Crippen molar-refractivity contribution in [2.24, 2.45) is 0 Å². The van der Waals surface area contributed by atoms with E-state index in [-0.39, 0.29) is 46.0 Å². The monoisotopic (exact) mass is 650 g/mol. The number of anilines is 2. The van der Waals surface area contributed by atoms with Crippen molar-refractivity contribution in [3.8, 4) is 21.8 Å². The second kappa shape index (κ2) is 12.6. The number of amides is 1. The van der Waals surface area contributed by atoms with Crippen LogP contribution in [0.15, 0.2) is 47.5 Å². The molecule has 1 saturated heterocycles. The highest BCUT2D eigenvalue weighted by atomic mass is 35.5. The van der Waals surface area contributed by atoms with Crippen molar-refractivity contribution < 1.29 is 27.4 Å².